The monoisotopic (exact) mass is 939 g/mol. The van der Waals surface area contributed by atoms with E-state index in [2.05, 4.69) is 0 Å². The maximum Gasteiger partial charge on any atom is 0.155 e. The van der Waals surface area contributed by atoms with Crippen molar-refractivity contribution in [1.29, 1.82) is 0 Å². The van der Waals surface area contributed by atoms with E-state index in [-0.39, 0.29) is 127 Å². The summed E-state index contributed by atoms with van der Waals surface area (Å²) in [6.07, 6.45) is 12.8. The summed E-state index contributed by atoms with van der Waals surface area (Å²) in [5.74, 6) is 3.87. The second-order valence-corrected chi connectivity index (χ2v) is 23.6. The molecule has 16 rings (SSSR count). The van der Waals surface area contributed by atoms with Gasteiger partial charge in [-0.2, -0.15) is 0 Å². The molecule has 8 fully saturated rings. The van der Waals surface area contributed by atoms with Gasteiger partial charge in [-0.25, -0.2) is 4.99 Å². The van der Waals surface area contributed by atoms with E-state index in [1.807, 2.05) is 0 Å². The fourth-order valence-corrected chi connectivity index (χ4v) is 17.1. The summed E-state index contributed by atoms with van der Waals surface area (Å²) in [5.41, 5.74) is 3.78. The van der Waals surface area contributed by atoms with E-state index >= 15 is 0 Å². The van der Waals surface area contributed by atoms with Gasteiger partial charge in [-0.1, -0.05) is 49.2 Å². The number of aliphatic imine (C=N–C) groups is 2. The van der Waals surface area contributed by atoms with Crippen molar-refractivity contribution >= 4 is 295 Å². The lowest BCUT2D eigenvalue weighted by Gasteiger charge is -2.64. The zero-order chi connectivity index (χ0) is 53.4. The Hall–Kier alpha value is -3.83. The summed E-state index contributed by atoms with van der Waals surface area (Å²) in [7, 11) is 122. The van der Waals surface area contributed by atoms with E-state index < -0.39 is 11.2 Å². The van der Waals surface area contributed by atoms with Crippen LogP contribution in [0.3, 0.4) is 0 Å². The highest BCUT2D eigenvalue weighted by Crippen LogP contribution is 2.74. The number of amidine groups is 1. The molecule has 9 aliphatic rings. The molecule has 2 aromatic heterocycles. The first-order valence-electron chi connectivity index (χ1n) is 26.2. The molecule has 3 heterocycles. The van der Waals surface area contributed by atoms with Gasteiger partial charge in [0.1, 0.15) is 159 Å². The maximum atomic E-state index is 8.16. The molecule has 36 radical (unpaired) electrons. The van der Waals surface area contributed by atoms with Gasteiger partial charge >= 0.3 is 0 Å². The summed E-state index contributed by atoms with van der Waals surface area (Å²) >= 11 is 0. The van der Waals surface area contributed by atoms with Crippen LogP contribution in [0.5, 0.6) is 0 Å². The molecule has 1 aliphatic heterocycles. The van der Waals surface area contributed by atoms with Crippen LogP contribution in [0.15, 0.2) is 14.4 Å². The zero-order valence-corrected chi connectivity index (χ0v) is 42.0. The normalized spacial score (nSPS) is 29.1. The minimum atomic E-state index is -0.593. The zero-order valence-electron chi connectivity index (χ0n) is 42.0. The topological polar surface area (TPSA) is 52.0 Å². The lowest BCUT2D eigenvalue weighted by atomic mass is 9.46. The number of hydrogen-bond donors (Lipinski definition) is 0. The molecule has 324 valence electrons. The van der Waals surface area contributed by atoms with E-state index in [9.17, 15) is 0 Å². The summed E-state index contributed by atoms with van der Waals surface area (Å²) in [5, 5.41) is 1.62. The average Bonchev–Trinajstić information content (AvgIpc) is 3.65. The van der Waals surface area contributed by atoms with Crippen molar-refractivity contribution in [2.75, 3.05) is 0 Å². The second-order valence-electron chi connectivity index (χ2n) is 23.6. The Balaban J connectivity index is 1.01. The van der Waals surface area contributed by atoms with Crippen molar-refractivity contribution in [2.45, 2.75) is 82.0 Å². The fraction of sp³-hybridized carbons (Fsp3) is 0.396. The highest BCUT2D eigenvalue weighted by atomic mass is 16.5. The molecule has 0 unspecified atom stereocenters. The highest BCUT2D eigenvalue weighted by molar-refractivity contribution is 6.72. The predicted octanol–water partition coefficient (Wildman–Crippen LogP) is -9.16. The smallest absolute Gasteiger partial charge is 0.155 e. The first kappa shape index (κ1) is 50.4. The molecule has 0 N–H and O–H groups in total. The molecule has 76 heavy (non-hydrogen) atoms. The van der Waals surface area contributed by atoms with Crippen LogP contribution >= 0.6 is 0 Å². The van der Waals surface area contributed by atoms with Crippen LogP contribution < -0.4 is 98.3 Å². The van der Waals surface area contributed by atoms with E-state index in [0.717, 1.165) is 62.5 Å². The number of rotatable bonds is 4. The first-order valence-corrected chi connectivity index (χ1v) is 26.2. The van der Waals surface area contributed by atoms with Gasteiger partial charge < -0.3 is 13.7 Å². The van der Waals surface area contributed by atoms with Crippen molar-refractivity contribution in [3.05, 3.63) is 22.3 Å². The number of nitrogens with zero attached hydrogens (tertiary/aromatic N) is 3. The quantitative estimate of drug-likeness (QED) is 0.100. The van der Waals surface area contributed by atoms with Gasteiger partial charge in [0.05, 0.1) is 17.7 Å². The number of benzene rings is 5. The van der Waals surface area contributed by atoms with Crippen LogP contribution in [0.1, 0.15) is 86.5 Å². The van der Waals surface area contributed by atoms with Crippen LogP contribution in [0, 0.1) is 47.3 Å². The highest BCUT2D eigenvalue weighted by Gasteiger charge is 2.72. The minimum absolute atomic E-state index is 0.00581. The van der Waals surface area contributed by atoms with Crippen molar-refractivity contribution in [1.82, 2.24) is 4.57 Å². The third-order valence-corrected chi connectivity index (χ3v) is 20.1. The molecule has 2 spiro atoms. The van der Waals surface area contributed by atoms with Gasteiger partial charge in [0.25, 0.3) is 0 Å². The molecule has 8 saturated carbocycles. The standard InChI is InChI=1S/C53H31B18N3O2/c54-29-21(11-72-51(26-34(59)40(65)42(67)41(66)35(26)60)73-12-74-47-22(31(56)38(63)43(68)45(47)70)23-32(57)39(64)44(69)46(71)48(23)74)49-25(33(58)37(29)62)24-30(55)27-28(36(61)50(24)75-49)53(19-7-15-2-16(9-19)10-20(53)8-15)76-52(27)17-3-13-1-14(5-17)6-18(52)4-13/h12-20H,1-11H2. The molecule has 0 amide bonds. The minimum Gasteiger partial charge on any atom is -0.456 e. The summed E-state index contributed by atoms with van der Waals surface area (Å²) in [4.78, 5) is 9.99. The molecular weight excluding hydrogens is 905 g/mol. The van der Waals surface area contributed by atoms with Gasteiger partial charge in [0.15, 0.2) is 5.84 Å². The Kier molecular flexibility index (Phi) is 11.2. The SMILES string of the molecule is [B]c1c([B])c([B])c(C(N=Cn2c3c([B])c([B])c([B])c([B])c3c3c([B])c([B])c([B])c([B])c32)=NCc2c([B])c([B])c([B])c3c2oc2c([B])c4c(c([B])c23)C2(OC43C4CC5CC(C4)CC3C5)C3CC4CC(C3)CC2C4)c([B])c1[B]. The van der Waals surface area contributed by atoms with Crippen molar-refractivity contribution < 1.29 is 9.15 Å². The van der Waals surface area contributed by atoms with Crippen LogP contribution in [0.2, 0.25) is 0 Å². The summed E-state index contributed by atoms with van der Waals surface area (Å²) in [6.45, 7) is -0.261. The summed E-state index contributed by atoms with van der Waals surface area (Å²) in [6, 6.07) is 0. The lowest BCUT2D eigenvalue weighted by molar-refractivity contribution is -0.304. The van der Waals surface area contributed by atoms with Crippen molar-refractivity contribution in [2.24, 2.45) is 57.3 Å². The van der Waals surface area contributed by atoms with Crippen LogP contribution in [-0.4, -0.2) is 158 Å². The van der Waals surface area contributed by atoms with E-state index in [1.54, 1.807) is 0 Å². The van der Waals surface area contributed by atoms with Crippen molar-refractivity contribution in [3.63, 3.8) is 0 Å². The summed E-state index contributed by atoms with van der Waals surface area (Å²) < 4.78 is 16.7. The number of hydrogen-bond acceptors (Lipinski definition) is 3. The molecule has 8 bridgehead atoms. The molecule has 23 heteroatoms. The van der Waals surface area contributed by atoms with Gasteiger partial charge in [0.2, 0.25) is 0 Å². The Morgan fingerprint density at radius 1 is 0.408 bits per heavy atom. The largest absolute Gasteiger partial charge is 0.456 e. The molecule has 0 atom stereocenters. The third-order valence-electron chi connectivity index (χ3n) is 20.1. The molecule has 5 nitrogen and oxygen atoms in total. The van der Waals surface area contributed by atoms with E-state index in [1.165, 1.54) is 23.7 Å². The van der Waals surface area contributed by atoms with Crippen LogP contribution in [0.25, 0.3) is 43.7 Å². The molecule has 5 aromatic carbocycles. The predicted molar refractivity (Wildman–Crippen MR) is 329 cm³/mol. The number of furan rings is 1. The Bertz CT molecular complexity index is 3770. The molecule has 7 aromatic rings. The average molecular weight is 936 g/mol. The first-order chi connectivity index (χ1) is 36.1. The van der Waals surface area contributed by atoms with Gasteiger partial charge in [0, 0.05) is 32.9 Å². The maximum absolute atomic E-state index is 8.16. The number of aromatic nitrogens is 1. The van der Waals surface area contributed by atoms with Gasteiger partial charge in [-0.15, -0.1) is 43.7 Å². The number of fused-ring (bicyclic) bond motifs is 7. The van der Waals surface area contributed by atoms with Crippen LogP contribution in [0.4, 0.5) is 0 Å². The molecule has 8 aliphatic carbocycles. The second kappa shape index (κ2) is 16.9. The molecular formula is C53H31B18N3O2. The fourth-order valence-electron chi connectivity index (χ4n) is 17.1. The van der Waals surface area contributed by atoms with Crippen LogP contribution in [-0.2, 0) is 22.5 Å². The Morgan fingerprint density at radius 2 is 0.776 bits per heavy atom. The lowest BCUT2D eigenvalue weighted by Crippen LogP contribution is -2.61. The van der Waals surface area contributed by atoms with Gasteiger partial charge in [-0.05, 0) is 139 Å². The number of ether oxygens (including phenoxy) is 1. The van der Waals surface area contributed by atoms with Crippen molar-refractivity contribution in [3.8, 4) is 0 Å². The van der Waals surface area contributed by atoms with Gasteiger partial charge in [-0.3, -0.25) is 4.99 Å². The van der Waals surface area contributed by atoms with E-state index in [4.69, 9.17) is 160 Å². The molecule has 0 saturated heterocycles. The Morgan fingerprint density at radius 3 is 1.24 bits per heavy atom. The van der Waals surface area contributed by atoms with E-state index in [0.29, 0.717) is 85.8 Å². The Labute approximate surface area is 467 Å². The third kappa shape index (κ3) is 6.23.